The first-order chi connectivity index (χ1) is 18.7. The number of benzene rings is 2. The molecule has 0 radical (unpaired) electrons. The van der Waals surface area contributed by atoms with Crippen molar-refractivity contribution in [1.82, 2.24) is 14.7 Å². The highest BCUT2D eigenvalue weighted by atomic mass is 19.2. The summed E-state index contributed by atoms with van der Waals surface area (Å²) in [6, 6.07) is 7.93. The van der Waals surface area contributed by atoms with E-state index in [1.165, 1.54) is 35.0 Å². The molecule has 5 rings (SSSR count). The number of carbonyl (C=O) groups is 2. The Labute approximate surface area is 221 Å². The minimum atomic E-state index is -1.10. The number of halogens is 3. The molecule has 3 atom stereocenters. The van der Waals surface area contributed by atoms with Gasteiger partial charge in [0, 0.05) is 18.0 Å². The predicted molar refractivity (Wildman–Crippen MR) is 133 cm³/mol. The molecule has 0 bridgehead atoms. The van der Waals surface area contributed by atoms with Gasteiger partial charge in [0.25, 0.3) is 5.91 Å². The molecular weight excluding hydrogens is 515 g/mol. The van der Waals surface area contributed by atoms with Gasteiger partial charge in [0.1, 0.15) is 5.82 Å². The lowest BCUT2D eigenvalue weighted by atomic mass is 9.79. The van der Waals surface area contributed by atoms with Gasteiger partial charge in [0.05, 0.1) is 24.2 Å². The zero-order valence-electron chi connectivity index (χ0n) is 21.3. The molecule has 3 aromatic rings. The Morgan fingerprint density at radius 1 is 1.13 bits per heavy atom. The van der Waals surface area contributed by atoms with Crippen LogP contribution in [-0.4, -0.2) is 45.9 Å². The molecule has 204 valence electrons. The Balaban J connectivity index is 1.69. The van der Waals surface area contributed by atoms with E-state index in [1.807, 2.05) is 0 Å². The SMILES string of the molecule is CC(C)C(=O)OCOc1c2n(ncc1=O)[C@@H]([C@H](c1cccc(F)c1)c1cccc(F)c1F)[C@H]1CCCN1C2=O. The summed E-state index contributed by atoms with van der Waals surface area (Å²) < 4.78 is 56.1. The molecule has 2 aromatic carbocycles. The van der Waals surface area contributed by atoms with Gasteiger partial charge in [-0.2, -0.15) is 5.10 Å². The Morgan fingerprint density at radius 2 is 1.90 bits per heavy atom. The minimum Gasteiger partial charge on any atom is -0.451 e. The van der Waals surface area contributed by atoms with Gasteiger partial charge in [-0.15, -0.1) is 0 Å². The molecule has 0 unspecified atom stereocenters. The van der Waals surface area contributed by atoms with Crippen molar-refractivity contribution in [3.05, 3.63) is 93.2 Å². The summed E-state index contributed by atoms with van der Waals surface area (Å²) in [7, 11) is 0. The van der Waals surface area contributed by atoms with Gasteiger partial charge in [0.2, 0.25) is 18.0 Å². The lowest BCUT2D eigenvalue weighted by molar-refractivity contribution is -0.154. The molecule has 0 saturated carbocycles. The summed E-state index contributed by atoms with van der Waals surface area (Å²) in [5.41, 5.74) is -0.632. The quantitative estimate of drug-likeness (QED) is 0.329. The third-order valence-electron chi connectivity index (χ3n) is 7.15. The number of hydrogen-bond acceptors (Lipinski definition) is 6. The van der Waals surface area contributed by atoms with E-state index in [-0.39, 0.29) is 17.0 Å². The fourth-order valence-corrected chi connectivity index (χ4v) is 5.41. The number of amides is 1. The van der Waals surface area contributed by atoms with Crippen LogP contribution >= 0.6 is 0 Å². The summed E-state index contributed by atoms with van der Waals surface area (Å²) in [6.07, 6.45) is 2.10. The molecule has 2 aliphatic heterocycles. The van der Waals surface area contributed by atoms with Crippen molar-refractivity contribution in [3.8, 4) is 5.75 Å². The summed E-state index contributed by atoms with van der Waals surface area (Å²) >= 11 is 0. The maximum absolute atomic E-state index is 15.3. The van der Waals surface area contributed by atoms with Crippen LogP contribution in [-0.2, 0) is 9.53 Å². The van der Waals surface area contributed by atoms with Crippen molar-refractivity contribution >= 4 is 11.9 Å². The molecule has 0 aliphatic carbocycles. The van der Waals surface area contributed by atoms with Gasteiger partial charge >= 0.3 is 5.97 Å². The Hall–Kier alpha value is -4.15. The third-order valence-corrected chi connectivity index (χ3v) is 7.15. The number of rotatable bonds is 7. The van der Waals surface area contributed by atoms with Crippen molar-refractivity contribution in [2.75, 3.05) is 13.3 Å². The first-order valence-electron chi connectivity index (χ1n) is 12.6. The molecule has 2 aliphatic rings. The zero-order chi connectivity index (χ0) is 27.8. The molecule has 11 heteroatoms. The van der Waals surface area contributed by atoms with Crippen LogP contribution in [0, 0.1) is 23.4 Å². The number of fused-ring (bicyclic) bond motifs is 2. The molecule has 1 saturated heterocycles. The second-order valence-corrected chi connectivity index (χ2v) is 9.89. The summed E-state index contributed by atoms with van der Waals surface area (Å²) in [6.45, 7) is 3.00. The second kappa shape index (κ2) is 10.5. The Morgan fingerprint density at radius 3 is 2.64 bits per heavy atom. The highest BCUT2D eigenvalue weighted by molar-refractivity contribution is 5.96. The first kappa shape index (κ1) is 26.5. The van der Waals surface area contributed by atoms with Crippen LogP contribution in [0.5, 0.6) is 5.75 Å². The van der Waals surface area contributed by atoms with Crippen LogP contribution in [0.2, 0.25) is 0 Å². The van der Waals surface area contributed by atoms with Crippen LogP contribution in [0.25, 0.3) is 0 Å². The molecule has 0 spiro atoms. The molecular formula is C28H26F3N3O5. The topological polar surface area (TPSA) is 90.7 Å². The van der Waals surface area contributed by atoms with Crippen molar-refractivity contribution in [3.63, 3.8) is 0 Å². The van der Waals surface area contributed by atoms with Gasteiger partial charge < -0.3 is 14.4 Å². The average Bonchev–Trinajstić information content (AvgIpc) is 3.39. The number of hydrogen-bond donors (Lipinski definition) is 0. The predicted octanol–water partition coefficient (Wildman–Crippen LogP) is 4.19. The molecule has 1 fully saturated rings. The van der Waals surface area contributed by atoms with E-state index in [9.17, 15) is 23.2 Å². The van der Waals surface area contributed by atoms with E-state index in [1.54, 1.807) is 24.8 Å². The van der Waals surface area contributed by atoms with Crippen LogP contribution < -0.4 is 10.2 Å². The lowest BCUT2D eigenvalue weighted by Crippen LogP contribution is -2.51. The molecule has 1 amide bonds. The number of esters is 1. The molecule has 3 heterocycles. The number of aromatic nitrogens is 2. The standard InChI is InChI=1S/C28H26F3N3O5/c1-15(2)28(37)39-14-38-26-21(35)13-32-34-24(20-10-5-11-33(20)27(36)25(26)34)22(16-6-3-7-17(29)12-16)18-8-4-9-19(30)23(18)31/h3-4,6-9,12-13,15,20,22,24H,5,10-11,14H2,1-2H3/t20-,22-,24-/m1/s1. The monoisotopic (exact) mass is 541 g/mol. The summed E-state index contributed by atoms with van der Waals surface area (Å²) in [5, 5.41) is 4.25. The maximum Gasteiger partial charge on any atom is 0.311 e. The highest BCUT2D eigenvalue weighted by Crippen LogP contribution is 2.46. The zero-order valence-corrected chi connectivity index (χ0v) is 21.3. The fourth-order valence-electron chi connectivity index (χ4n) is 5.41. The largest absolute Gasteiger partial charge is 0.451 e. The van der Waals surface area contributed by atoms with Crippen LogP contribution in [0.15, 0.2) is 53.5 Å². The third kappa shape index (κ3) is 4.77. The Kier molecular flexibility index (Phi) is 7.16. The van der Waals surface area contributed by atoms with Crippen LogP contribution in [0.4, 0.5) is 13.2 Å². The maximum atomic E-state index is 15.3. The van der Waals surface area contributed by atoms with Crippen molar-refractivity contribution in [1.29, 1.82) is 0 Å². The minimum absolute atomic E-state index is 0.0495. The molecule has 8 nitrogen and oxygen atoms in total. The van der Waals surface area contributed by atoms with Gasteiger partial charge in [-0.25, -0.2) is 13.2 Å². The molecule has 0 N–H and O–H groups in total. The van der Waals surface area contributed by atoms with Crippen LogP contribution in [0.3, 0.4) is 0 Å². The fraction of sp³-hybridized carbons (Fsp3) is 0.357. The van der Waals surface area contributed by atoms with Gasteiger partial charge in [0.15, 0.2) is 17.3 Å². The van der Waals surface area contributed by atoms with Crippen LogP contribution in [0.1, 0.15) is 60.3 Å². The molecule has 1 aromatic heterocycles. The van der Waals surface area contributed by atoms with Crippen molar-refractivity contribution < 1.29 is 32.2 Å². The summed E-state index contributed by atoms with van der Waals surface area (Å²) in [4.78, 5) is 39.9. The normalized spacial score (nSPS) is 19.0. The molecule has 39 heavy (non-hydrogen) atoms. The van der Waals surface area contributed by atoms with Gasteiger partial charge in [-0.05, 0) is 36.6 Å². The number of ether oxygens (including phenoxy) is 2. The Bertz CT molecular complexity index is 1490. The smallest absolute Gasteiger partial charge is 0.311 e. The number of nitrogens with zero attached hydrogens (tertiary/aromatic N) is 3. The summed E-state index contributed by atoms with van der Waals surface area (Å²) in [5.74, 6) is -5.65. The van der Waals surface area contributed by atoms with E-state index in [4.69, 9.17) is 9.47 Å². The number of carbonyl (C=O) groups excluding carboxylic acids is 2. The first-order valence-corrected chi connectivity index (χ1v) is 12.6. The van der Waals surface area contributed by atoms with Crippen molar-refractivity contribution in [2.24, 2.45) is 5.92 Å². The van der Waals surface area contributed by atoms with Gasteiger partial charge in [-0.3, -0.25) is 19.1 Å². The van der Waals surface area contributed by atoms with Gasteiger partial charge in [-0.1, -0.05) is 38.1 Å². The average molecular weight is 542 g/mol. The van der Waals surface area contributed by atoms with E-state index >= 15 is 4.39 Å². The highest BCUT2D eigenvalue weighted by Gasteiger charge is 2.49. The van der Waals surface area contributed by atoms with E-state index < -0.39 is 65.5 Å². The van der Waals surface area contributed by atoms with Crippen molar-refractivity contribution in [2.45, 2.75) is 44.7 Å². The second-order valence-electron chi connectivity index (χ2n) is 9.89. The van der Waals surface area contributed by atoms with E-state index in [0.29, 0.717) is 24.9 Å². The lowest BCUT2D eigenvalue weighted by Gasteiger charge is -2.42. The van der Waals surface area contributed by atoms with E-state index in [0.717, 1.165) is 12.3 Å². The van der Waals surface area contributed by atoms with E-state index in [2.05, 4.69) is 5.10 Å².